The highest BCUT2D eigenvalue weighted by Gasteiger charge is 2.15. The van der Waals surface area contributed by atoms with E-state index in [9.17, 15) is 4.79 Å². The van der Waals surface area contributed by atoms with Crippen LogP contribution in [0.3, 0.4) is 0 Å². The number of pyridine rings is 1. The highest BCUT2D eigenvalue weighted by atomic mass is 16.2. The SMILES string of the molecule is CCN(C(=O)c1ccncc1)c1cccc(N)c1. The minimum Gasteiger partial charge on any atom is -0.399 e. The minimum absolute atomic E-state index is 0.0505. The van der Waals surface area contributed by atoms with Crippen LogP contribution in [0.4, 0.5) is 11.4 Å². The molecular formula is C14H15N3O. The van der Waals surface area contributed by atoms with E-state index in [4.69, 9.17) is 5.73 Å². The molecule has 1 aromatic carbocycles. The molecule has 0 saturated carbocycles. The Bertz CT molecular complexity index is 540. The van der Waals surface area contributed by atoms with Gasteiger partial charge in [-0.1, -0.05) is 6.07 Å². The third-order valence-electron chi connectivity index (χ3n) is 2.67. The maximum atomic E-state index is 12.3. The van der Waals surface area contributed by atoms with E-state index >= 15 is 0 Å². The molecule has 4 nitrogen and oxygen atoms in total. The van der Waals surface area contributed by atoms with Gasteiger partial charge in [0.1, 0.15) is 0 Å². The number of carbonyl (C=O) groups excluding carboxylic acids is 1. The van der Waals surface area contributed by atoms with Crippen LogP contribution in [0.5, 0.6) is 0 Å². The molecule has 18 heavy (non-hydrogen) atoms. The largest absolute Gasteiger partial charge is 0.399 e. The first kappa shape index (κ1) is 12.1. The highest BCUT2D eigenvalue weighted by Crippen LogP contribution is 2.19. The molecule has 0 bridgehead atoms. The molecule has 0 saturated heterocycles. The van der Waals surface area contributed by atoms with E-state index in [0.29, 0.717) is 17.8 Å². The predicted molar refractivity (Wildman–Crippen MR) is 72.4 cm³/mol. The van der Waals surface area contributed by atoms with Gasteiger partial charge < -0.3 is 10.6 Å². The normalized spacial score (nSPS) is 10.1. The maximum Gasteiger partial charge on any atom is 0.258 e. The van der Waals surface area contributed by atoms with Crippen molar-refractivity contribution in [3.05, 3.63) is 54.4 Å². The van der Waals surface area contributed by atoms with Crippen LogP contribution < -0.4 is 10.6 Å². The lowest BCUT2D eigenvalue weighted by Gasteiger charge is -2.21. The van der Waals surface area contributed by atoms with Crippen molar-refractivity contribution in [2.24, 2.45) is 0 Å². The number of aromatic nitrogens is 1. The van der Waals surface area contributed by atoms with Gasteiger partial charge in [-0.25, -0.2) is 0 Å². The van der Waals surface area contributed by atoms with Gasteiger partial charge in [0.25, 0.3) is 5.91 Å². The second kappa shape index (κ2) is 5.31. The molecular weight excluding hydrogens is 226 g/mol. The molecule has 0 fully saturated rings. The van der Waals surface area contributed by atoms with Gasteiger partial charge in [0.2, 0.25) is 0 Å². The molecule has 4 heteroatoms. The van der Waals surface area contributed by atoms with E-state index in [2.05, 4.69) is 4.98 Å². The second-order valence-electron chi connectivity index (χ2n) is 3.88. The van der Waals surface area contributed by atoms with E-state index in [1.165, 1.54) is 0 Å². The van der Waals surface area contributed by atoms with Crippen molar-refractivity contribution in [1.29, 1.82) is 0 Å². The summed E-state index contributed by atoms with van der Waals surface area (Å²) in [6, 6.07) is 10.7. The molecule has 92 valence electrons. The van der Waals surface area contributed by atoms with Crippen molar-refractivity contribution in [3.8, 4) is 0 Å². The van der Waals surface area contributed by atoms with E-state index in [1.54, 1.807) is 41.6 Å². The first-order valence-corrected chi connectivity index (χ1v) is 5.80. The second-order valence-corrected chi connectivity index (χ2v) is 3.88. The topological polar surface area (TPSA) is 59.2 Å². The van der Waals surface area contributed by atoms with Crippen molar-refractivity contribution in [1.82, 2.24) is 4.98 Å². The van der Waals surface area contributed by atoms with E-state index in [-0.39, 0.29) is 5.91 Å². The predicted octanol–water partition coefficient (Wildman–Crippen LogP) is 2.33. The molecule has 2 N–H and O–H groups in total. The van der Waals surface area contributed by atoms with Crippen molar-refractivity contribution in [3.63, 3.8) is 0 Å². The Kier molecular flexibility index (Phi) is 3.57. The molecule has 1 amide bonds. The van der Waals surface area contributed by atoms with Crippen molar-refractivity contribution < 1.29 is 4.79 Å². The quantitative estimate of drug-likeness (QED) is 0.839. The Morgan fingerprint density at radius 2 is 2.00 bits per heavy atom. The zero-order chi connectivity index (χ0) is 13.0. The summed E-state index contributed by atoms with van der Waals surface area (Å²) in [5, 5.41) is 0. The first-order chi connectivity index (χ1) is 8.72. The molecule has 0 aliphatic rings. The molecule has 2 rings (SSSR count). The lowest BCUT2D eigenvalue weighted by molar-refractivity contribution is 0.0988. The van der Waals surface area contributed by atoms with Gasteiger partial charge in [-0.05, 0) is 37.3 Å². The zero-order valence-corrected chi connectivity index (χ0v) is 10.2. The molecule has 0 radical (unpaired) electrons. The summed E-state index contributed by atoms with van der Waals surface area (Å²) < 4.78 is 0. The number of anilines is 2. The third-order valence-corrected chi connectivity index (χ3v) is 2.67. The number of nitrogens with two attached hydrogens (primary N) is 1. The molecule has 0 atom stereocenters. The smallest absolute Gasteiger partial charge is 0.258 e. The summed E-state index contributed by atoms with van der Waals surface area (Å²) in [4.78, 5) is 17.9. The molecule has 0 aliphatic heterocycles. The minimum atomic E-state index is -0.0505. The standard InChI is InChI=1S/C14H15N3O/c1-2-17(13-5-3-4-12(15)10-13)14(18)11-6-8-16-9-7-11/h3-10H,2,15H2,1H3. The molecule has 0 unspecified atom stereocenters. The van der Waals surface area contributed by atoms with Crippen LogP contribution in [0.15, 0.2) is 48.8 Å². The maximum absolute atomic E-state index is 12.3. The first-order valence-electron chi connectivity index (χ1n) is 5.80. The summed E-state index contributed by atoms with van der Waals surface area (Å²) in [7, 11) is 0. The van der Waals surface area contributed by atoms with E-state index in [0.717, 1.165) is 5.69 Å². The van der Waals surface area contributed by atoms with Crippen LogP contribution in [-0.4, -0.2) is 17.4 Å². The summed E-state index contributed by atoms with van der Waals surface area (Å²) in [6.07, 6.45) is 3.22. The van der Waals surface area contributed by atoms with Crippen LogP contribution in [0.1, 0.15) is 17.3 Å². The lowest BCUT2D eigenvalue weighted by Crippen LogP contribution is -2.30. The monoisotopic (exact) mass is 241 g/mol. The van der Waals surface area contributed by atoms with Crippen LogP contribution in [-0.2, 0) is 0 Å². The summed E-state index contributed by atoms with van der Waals surface area (Å²) >= 11 is 0. The summed E-state index contributed by atoms with van der Waals surface area (Å²) in [6.45, 7) is 2.52. The van der Waals surface area contributed by atoms with Gasteiger partial charge in [-0.15, -0.1) is 0 Å². The number of carbonyl (C=O) groups is 1. The van der Waals surface area contributed by atoms with Gasteiger partial charge in [-0.3, -0.25) is 9.78 Å². The van der Waals surface area contributed by atoms with Gasteiger partial charge in [0.05, 0.1) is 0 Å². The average molecular weight is 241 g/mol. The number of nitrogen functional groups attached to an aromatic ring is 1. The summed E-state index contributed by atoms with van der Waals surface area (Å²) in [5.41, 5.74) is 7.81. The van der Waals surface area contributed by atoms with Gasteiger partial charge in [0.15, 0.2) is 0 Å². The van der Waals surface area contributed by atoms with E-state index < -0.39 is 0 Å². The van der Waals surface area contributed by atoms with E-state index in [1.807, 2.05) is 19.1 Å². The highest BCUT2D eigenvalue weighted by molar-refractivity contribution is 6.06. The van der Waals surface area contributed by atoms with Crippen LogP contribution in [0, 0.1) is 0 Å². The van der Waals surface area contributed by atoms with Gasteiger partial charge >= 0.3 is 0 Å². The molecule has 0 spiro atoms. The van der Waals surface area contributed by atoms with Crippen molar-refractivity contribution in [2.75, 3.05) is 17.2 Å². The average Bonchev–Trinajstić information content (AvgIpc) is 2.40. The van der Waals surface area contributed by atoms with Gasteiger partial charge in [-0.2, -0.15) is 0 Å². The number of benzene rings is 1. The number of hydrogen-bond donors (Lipinski definition) is 1. The van der Waals surface area contributed by atoms with Crippen LogP contribution in [0.2, 0.25) is 0 Å². The van der Waals surface area contributed by atoms with Crippen LogP contribution in [0.25, 0.3) is 0 Å². The molecule has 0 aliphatic carbocycles. The number of amides is 1. The Balaban J connectivity index is 2.32. The van der Waals surface area contributed by atoms with Crippen molar-refractivity contribution >= 4 is 17.3 Å². The fourth-order valence-corrected chi connectivity index (χ4v) is 1.79. The van der Waals surface area contributed by atoms with Crippen molar-refractivity contribution in [2.45, 2.75) is 6.92 Å². The summed E-state index contributed by atoms with van der Waals surface area (Å²) in [5.74, 6) is -0.0505. The lowest BCUT2D eigenvalue weighted by atomic mass is 10.2. The number of rotatable bonds is 3. The Morgan fingerprint density at radius 1 is 1.28 bits per heavy atom. The van der Waals surface area contributed by atoms with Crippen LogP contribution >= 0.6 is 0 Å². The zero-order valence-electron chi connectivity index (χ0n) is 10.2. The number of nitrogens with zero attached hydrogens (tertiary/aromatic N) is 2. The number of hydrogen-bond acceptors (Lipinski definition) is 3. The van der Waals surface area contributed by atoms with Gasteiger partial charge in [0, 0.05) is 35.9 Å². The Hall–Kier alpha value is -2.36. The fourth-order valence-electron chi connectivity index (χ4n) is 1.79. The molecule has 1 heterocycles. The Morgan fingerprint density at radius 3 is 2.61 bits per heavy atom. The molecule has 1 aromatic heterocycles. The Labute approximate surface area is 106 Å². The third kappa shape index (κ3) is 2.48. The molecule has 2 aromatic rings. The fraction of sp³-hybridized carbons (Fsp3) is 0.143.